The van der Waals surface area contributed by atoms with Gasteiger partial charge in [0.25, 0.3) is 0 Å². The molecule has 4 rings (SSSR count). The number of amides is 1. The highest BCUT2D eigenvalue weighted by Gasteiger charge is 2.16. The minimum Gasteiger partial charge on any atom is -0.345 e. The first-order chi connectivity index (χ1) is 14.0. The van der Waals surface area contributed by atoms with E-state index < -0.39 is 0 Å². The van der Waals surface area contributed by atoms with E-state index in [0.29, 0.717) is 5.82 Å². The van der Waals surface area contributed by atoms with Gasteiger partial charge in [-0.25, -0.2) is 14.5 Å². The predicted molar refractivity (Wildman–Crippen MR) is 110 cm³/mol. The van der Waals surface area contributed by atoms with Crippen LogP contribution >= 0.6 is 0 Å². The van der Waals surface area contributed by atoms with E-state index >= 15 is 0 Å². The number of hydrogen-bond donors (Lipinski definition) is 2. The Labute approximate surface area is 167 Å². The topological polar surface area (TPSA) is 101 Å². The highest BCUT2D eigenvalue weighted by Crippen LogP contribution is 2.29. The Morgan fingerprint density at radius 3 is 2.86 bits per heavy atom. The van der Waals surface area contributed by atoms with E-state index in [-0.39, 0.29) is 12.5 Å². The average molecular weight is 387 g/mol. The molecule has 1 amide bonds. The maximum absolute atomic E-state index is 12.0. The summed E-state index contributed by atoms with van der Waals surface area (Å²) in [5.41, 5.74) is 5.80. The van der Waals surface area contributed by atoms with Crippen LogP contribution in [0.15, 0.2) is 54.5 Å². The summed E-state index contributed by atoms with van der Waals surface area (Å²) in [7, 11) is 0. The third kappa shape index (κ3) is 4.06. The van der Waals surface area contributed by atoms with Crippen LogP contribution in [0.3, 0.4) is 0 Å². The van der Waals surface area contributed by atoms with E-state index in [1.165, 1.54) is 6.33 Å². The van der Waals surface area contributed by atoms with E-state index in [2.05, 4.69) is 25.4 Å². The highest BCUT2D eigenvalue weighted by atomic mass is 16.1. The molecule has 0 aromatic carbocycles. The molecular weight excluding hydrogens is 366 g/mol. The third-order valence-corrected chi connectivity index (χ3v) is 4.29. The Hall–Kier alpha value is -3.81. The zero-order valence-electron chi connectivity index (χ0n) is 16.5. The lowest BCUT2D eigenvalue weighted by Gasteiger charge is -2.04. The lowest BCUT2D eigenvalue weighted by molar-refractivity contribution is -0.116. The fourth-order valence-corrected chi connectivity index (χ4v) is 3.02. The molecule has 4 heterocycles. The molecule has 4 aromatic heterocycles. The first-order valence-electron chi connectivity index (χ1n) is 9.25. The van der Waals surface area contributed by atoms with Crippen molar-refractivity contribution < 1.29 is 4.79 Å². The number of allylic oxidation sites excluding steroid dienone is 1. The molecule has 8 heteroatoms. The summed E-state index contributed by atoms with van der Waals surface area (Å²) in [6.45, 7) is 5.99. The molecule has 0 aliphatic carbocycles. The van der Waals surface area contributed by atoms with Crippen LogP contribution in [0, 0.1) is 6.92 Å². The molecule has 0 atom stereocenters. The van der Waals surface area contributed by atoms with Gasteiger partial charge in [-0.15, -0.1) is 0 Å². The van der Waals surface area contributed by atoms with Crippen molar-refractivity contribution in [2.45, 2.75) is 27.3 Å². The SMILES string of the molecule is CC(C)=CC(=O)NCc1nc(-c2ccc3ncnn3c2)c(-c2cccc(C)n2)[nH]1. The van der Waals surface area contributed by atoms with Gasteiger partial charge in [0.1, 0.15) is 12.2 Å². The number of aromatic amines is 1. The van der Waals surface area contributed by atoms with E-state index in [0.717, 1.165) is 39.6 Å². The van der Waals surface area contributed by atoms with Crippen LogP contribution < -0.4 is 5.32 Å². The smallest absolute Gasteiger partial charge is 0.244 e. The molecule has 0 radical (unpaired) electrons. The zero-order valence-corrected chi connectivity index (χ0v) is 16.5. The van der Waals surface area contributed by atoms with Gasteiger partial charge in [-0.05, 0) is 45.0 Å². The van der Waals surface area contributed by atoms with Crippen molar-refractivity contribution >= 4 is 11.6 Å². The highest BCUT2D eigenvalue weighted by molar-refractivity contribution is 5.88. The van der Waals surface area contributed by atoms with Gasteiger partial charge in [-0.2, -0.15) is 5.10 Å². The Morgan fingerprint density at radius 2 is 2.07 bits per heavy atom. The minimum absolute atomic E-state index is 0.151. The Morgan fingerprint density at radius 1 is 1.21 bits per heavy atom. The number of fused-ring (bicyclic) bond motifs is 1. The van der Waals surface area contributed by atoms with Crippen molar-refractivity contribution in [1.29, 1.82) is 0 Å². The number of nitrogens with one attached hydrogen (secondary N) is 2. The van der Waals surface area contributed by atoms with Gasteiger partial charge < -0.3 is 10.3 Å². The quantitative estimate of drug-likeness (QED) is 0.513. The third-order valence-electron chi connectivity index (χ3n) is 4.29. The summed E-state index contributed by atoms with van der Waals surface area (Å²) in [5.74, 6) is 0.495. The molecule has 29 heavy (non-hydrogen) atoms. The van der Waals surface area contributed by atoms with Gasteiger partial charge in [0.15, 0.2) is 5.65 Å². The molecule has 0 aliphatic heterocycles. The maximum atomic E-state index is 12.0. The van der Waals surface area contributed by atoms with Crippen LogP contribution in [0.1, 0.15) is 25.4 Å². The monoisotopic (exact) mass is 387 g/mol. The number of nitrogens with zero attached hydrogens (tertiary/aromatic N) is 5. The van der Waals surface area contributed by atoms with Gasteiger partial charge in [0, 0.05) is 23.5 Å². The first-order valence-corrected chi connectivity index (χ1v) is 9.25. The van der Waals surface area contributed by atoms with Crippen molar-refractivity contribution in [3.63, 3.8) is 0 Å². The molecule has 8 nitrogen and oxygen atoms in total. The number of carbonyl (C=O) groups is 1. The van der Waals surface area contributed by atoms with Crippen LogP contribution in [-0.4, -0.2) is 35.5 Å². The molecule has 0 unspecified atom stereocenters. The molecule has 0 bridgehead atoms. The van der Waals surface area contributed by atoms with Gasteiger partial charge in [-0.1, -0.05) is 11.6 Å². The van der Waals surface area contributed by atoms with Gasteiger partial charge >= 0.3 is 0 Å². The molecule has 0 fully saturated rings. The van der Waals surface area contributed by atoms with Gasteiger partial charge in [0.2, 0.25) is 5.91 Å². The predicted octanol–water partition coefficient (Wildman–Crippen LogP) is 3.07. The van der Waals surface area contributed by atoms with Crippen molar-refractivity contribution in [2.75, 3.05) is 0 Å². The second-order valence-electron chi connectivity index (χ2n) is 6.99. The van der Waals surface area contributed by atoms with Crippen LogP contribution in [0.4, 0.5) is 0 Å². The lowest BCUT2D eigenvalue weighted by atomic mass is 10.1. The molecule has 146 valence electrons. The summed E-state index contributed by atoms with van der Waals surface area (Å²) < 4.78 is 1.70. The second kappa shape index (κ2) is 7.67. The van der Waals surface area contributed by atoms with Crippen LogP contribution in [0.2, 0.25) is 0 Å². The number of carbonyl (C=O) groups excluding carboxylic acids is 1. The van der Waals surface area contributed by atoms with Crippen molar-refractivity contribution in [1.82, 2.24) is 34.9 Å². The largest absolute Gasteiger partial charge is 0.345 e. The fraction of sp³-hybridized carbons (Fsp3) is 0.190. The summed E-state index contributed by atoms with van der Waals surface area (Å²) >= 11 is 0. The van der Waals surface area contributed by atoms with Crippen molar-refractivity contribution in [3.05, 3.63) is 66.0 Å². The minimum atomic E-state index is -0.151. The number of hydrogen-bond acceptors (Lipinski definition) is 5. The van der Waals surface area contributed by atoms with Gasteiger partial charge in [-0.3, -0.25) is 9.78 Å². The molecule has 2 N–H and O–H groups in total. The summed E-state index contributed by atoms with van der Waals surface area (Å²) in [6, 6.07) is 9.68. The normalized spacial score (nSPS) is 10.9. The molecule has 0 spiro atoms. The summed E-state index contributed by atoms with van der Waals surface area (Å²) in [6.07, 6.45) is 4.95. The summed E-state index contributed by atoms with van der Waals surface area (Å²) in [4.78, 5) is 28.8. The van der Waals surface area contributed by atoms with E-state index in [9.17, 15) is 4.79 Å². The summed E-state index contributed by atoms with van der Waals surface area (Å²) in [5, 5.41) is 7.06. The van der Waals surface area contributed by atoms with Crippen LogP contribution in [-0.2, 0) is 11.3 Å². The number of H-pyrrole nitrogens is 1. The first kappa shape index (κ1) is 18.5. The van der Waals surface area contributed by atoms with Crippen molar-refractivity contribution in [2.24, 2.45) is 0 Å². The Bertz CT molecular complexity index is 1210. The van der Waals surface area contributed by atoms with E-state index in [1.54, 1.807) is 10.6 Å². The fourth-order valence-electron chi connectivity index (χ4n) is 3.02. The van der Waals surface area contributed by atoms with Crippen LogP contribution in [0.25, 0.3) is 28.3 Å². The number of imidazole rings is 1. The number of pyridine rings is 2. The van der Waals surface area contributed by atoms with Gasteiger partial charge in [0.05, 0.1) is 23.6 Å². The Kier molecular flexibility index (Phi) is 4.90. The molecule has 0 saturated carbocycles. The molecular formula is C21H21N7O. The van der Waals surface area contributed by atoms with E-state index in [1.807, 2.05) is 57.3 Å². The molecule has 4 aromatic rings. The standard InChI is InChI=1S/C21H21N7O/c1-13(2)9-19(29)22-10-17-26-20(15-7-8-18-23-12-24-28(18)11-15)21(27-17)16-6-4-5-14(3)25-16/h4-9,11-12H,10H2,1-3H3,(H,22,29)(H,26,27). The second-order valence-corrected chi connectivity index (χ2v) is 6.99. The average Bonchev–Trinajstić information content (AvgIpc) is 3.32. The van der Waals surface area contributed by atoms with Crippen LogP contribution in [0.5, 0.6) is 0 Å². The lowest BCUT2D eigenvalue weighted by Crippen LogP contribution is -2.21. The molecule has 0 saturated heterocycles. The number of rotatable bonds is 5. The van der Waals surface area contributed by atoms with Crippen molar-refractivity contribution in [3.8, 4) is 22.6 Å². The number of aryl methyl sites for hydroxylation is 1. The van der Waals surface area contributed by atoms with E-state index in [4.69, 9.17) is 4.98 Å². The molecule has 0 aliphatic rings. The maximum Gasteiger partial charge on any atom is 0.244 e. The Balaban J connectivity index is 1.74. The number of aromatic nitrogens is 6. The zero-order chi connectivity index (χ0) is 20.4.